The molecule has 0 aliphatic carbocycles. The number of nitrogens with one attached hydrogen (secondary N) is 1. The summed E-state index contributed by atoms with van der Waals surface area (Å²) in [5, 5.41) is 2.64. The number of sulfone groups is 1. The van der Waals surface area contributed by atoms with Gasteiger partial charge in [-0.3, -0.25) is 9.59 Å². The first-order chi connectivity index (χ1) is 12.3. The van der Waals surface area contributed by atoms with Gasteiger partial charge in [0.1, 0.15) is 0 Å². The van der Waals surface area contributed by atoms with Gasteiger partial charge in [0.15, 0.2) is 15.9 Å². The summed E-state index contributed by atoms with van der Waals surface area (Å²) in [6.45, 7) is 3.64. The molecule has 1 fully saturated rings. The van der Waals surface area contributed by atoms with Gasteiger partial charge in [-0.1, -0.05) is 37.6 Å². The van der Waals surface area contributed by atoms with Crippen LogP contribution in [0.3, 0.4) is 0 Å². The zero-order chi connectivity index (χ0) is 19.2. The van der Waals surface area contributed by atoms with Gasteiger partial charge in [-0.15, -0.1) is 0 Å². The third-order valence-electron chi connectivity index (χ3n) is 4.45. The maximum Gasteiger partial charge on any atom is 0.311 e. The van der Waals surface area contributed by atoms with Crippen molar-refractivity contribution in [2.24, 2.45) is 0 Å². The van der Waals surface area contributed by atoms with Crippen molar-refractivity contribution in [1.29, 1.82) is 0 Å². The Hall–Kier alpha value is -1.89. The molecule has 0 aromatic heterocycles. The molecule has 0 unspecified atom stereocenters. The number of unbranched alkanes of at least 4 members (excludes halogenated alkanes) is 1. The van der Waals surface area contributed by atoms with Crippen molar-refractivity contribution < 1.29 is 22.7 Å². The molecule has 1 aromatic rings. The molecule has 1 saturated heterocycles. The molecular formula is C19H27NO5S. The predicted octanol–water partition coefficient (Wildman–Crippen LogP) is 1.81. The Labute approximate surface area is 155 Å². The molecule has 2 rings (SSSR count). The number of amides is 1. The monoisotopic (exact) mass is 381 g/mol. The number of carbonyl (C=O) groups is 2. The lowest BCUT2D eigenvalue weighted by Gasteiger charge is -2.16. The summed E-state index contributed by atoms with van der Waals surface area (Å²) in [6, 6.07) is 7.43. The van der Waals surface area contributed by atoms with Crippen LogP contribution in [0.15, 0.2) is 24.3 Å². The fraction of sp³-hybridized carbons (Fsp3) is 0.579. The topological polar surface area (TPSA) is 89.5 Å². The van der Waals surface area contributed by atoms with Crippen molar-refractivity contribution in [2.75, 3.05) is 11.5 Å². The van der Waals surface area contributed by atoms with Gasteiger partial charge in [0.05, 0.1) is 17.9 Å². The number of carbonyl (C=O) groups excluding carboxylic acids is 2. The third-order valence-corrected chi connectivity index (χ3v) is 6.21. The molecule has 26 heavy (non-hydrogen) atoms. The molecule has 7 heteroatoms. The van der Waals surface area contributed by atoms with Crippen molar-refractivity contribution >= 4 is 21.7 Å². The Morgan fingerprint density at radius 3 is 2.46 bits per heavy atom. The second kappa shape index (κ2) is 9.16. The van der Waals surface area contributed by atoms with Gasteiger partial charge in [-0.25, -0.2) is 8.42 Å². The minimum Gasteiger partial charge on any atom is -0.452 e. The Kier molecular flexibility index (Phi) is 7.20. The summed E-state index contributed by atoms with van der Waals surface area (Å²) in [5.41, 5.74) is 2.08. The van der Waals surface area contributed by atoms with E-state index >= 15 is 0 Å². The van der Waals surface area contributed by atoms with Crippen LogP contribution in [-0.2, 0) is 37.0 Å². The van der Waals surface area contributed by atoms with Gasteiger partial charge in [-0.2, -0.15) is 0 Å². The second-order valence-corrected chi connectivity index (χ2v) is 9.07. The van der Waals surface area contributed by atoms with Gasteiger partial charge in [0, 0.05) is 6.04 Å². The Bertz CT molecular complexity index is 727. The molecule has 1 aliphatic rings. The van der Waals surface area contributed by atoms with Gasteiger partial charge >= 0.3 is 5.97 Å². The molecule has 0 radical (unpaired) electrons. The van der Waals surface area contributed by atoms with Crippen LogP contribution in [0.2, 0.25) is 0 Å². The summed E-state index contributed by atoms with van der Waals surface area (Å²) in [6.07, 6.45) is 2.85. The first kappa shape index (κ1) is 20.4. The third kappa shape index (κ3) is 6.44. The van der Waals surface area contributed by atoms with Gasteiger partial charge < -0.3 is 10.1 Å². The molecule has 6 nitrogen and oxygen atoms in total. The molecule has 0 bridgehead atoms. The minimum absolute atomic E-state index is 0.0518. The highest BCUT2D eigenvalue weighted by atomic mass is 32.2. The lowest BCUT2D eigenvalue weighted by molar-refractivity contribution is -0.154. The van der Waals surface area contributed by atoms with E-state index in [1.165, 1.54) is 12.5 Å². The summed E-state index contributed by atoms with van der Waals surface area (Å²) < 4.78 is 28.0. The van der Waals surface area contributed by atoms with Crippen molar-refractivity contribution in [2.45, 2.75) is 58.1 Å². The van der Waals surface area contributed by atoms with E-state index in [1.807, 2.05) is 24.3 Å². The summed E-state index contributed by atoms with van der Waals surface area (Å²) in [5.74, 6) is -0.909. The first-order valence-electron chi connectivity index (χ1n) is 9.07. The Balaban J connectivity index is 1.78. The fourth-order valence-corrected chi connectivity index (χ4v) is 4.56. The number of hydrogen-bond donors (Lipinski definition) is 1. The van der Waals surface area contributed by atoms with Gasteiger partial charge in [-0.05, 0) is 37.3 Å². The van der Waals surface area contributed by atoms with Crippen LogP contribution < -0.4 is 5.32 Å². The molecule has 1 aliphatic heterocycles. The summed E-state index contributed by atoms with van der Waals surface area (Å²) in [7, 11) is -3.06. The zero-order valence-corrected chi connectivity index (χ0v) is 16.2. The van der Waals surface area contributed by atoms with E-state index in [-0.39, 0.29) is 17.9 Å². The van der Waals surface area contributed by atoms with Crippen molar-refractivity contribution in [3.8, 4) is 0 Å². The van der Waals surface area contributed by atoms with E-state index in [0.717, 1.165) is 24.8 Å². The highest BCUT2D eigenvalue weighted by Gasteiger charge is 2.30. The number of ether oxygens (including phenoxy) is 1. The van der Waals surface area contributed by atoms with Crippen molar-refractivity contribution in [1.82, 2.24) is 5.32 Å². The standard InChI is InChI=1S/C19H27NO5S/c1-3-4-5-15-6-8-16(9-7-15)12-18(21)25-14(2)19(22)20-17-10-11-26(23,24)13-17/h6-9,14,17H,3-5,10-13H2,1-2H3,(H,20,22)/t14-,17+/m0/s1. The van der Waals surface area contributed by atoms with Crippen molar-refractivity contribution in [3.05, 3.63) is 35.4 Å². The number of benzene rings is 1. The highest BCUT2D eigenvalue weighted by Crippen LogP contribution is 2.12. The van der Waals surface area contributed by atoms with Crippen LogP contribution in [0, 0.1) is 0 Å². The van der Waals surface area contributed by atoms with Crippen molar-refractivity contribution in [3.63, 3.8) is 0 Å². The van der Waals surface area contributed by atoms with Crippen LogP contribution >= 0.6 is 0 Å². The molecule has 0 saturated carbocycles. The minimum atomic E-state index is -3.06. The Morgan fingerprint density at radius 1 is 1.23 bits per heavy atom. The quantitative estimate of drug-likeness (QED) is 0.694. The van der Waals surface area contributed by atoms with E-state index in [0.29, 0.717) is 6.42 Å². The van der Waals surface area contributed by atoms with E-state index in [2.05, 4.69) is 12.2 Å². The largest absolute Gasteiger partial charge is 0.452 e. The van der Waals surface area contributed by atoms with E-state index in [9.17, 15) is 18.0 Å². The number of hydrogen-bond acceptors (Lipinski definition) is 5. The normalized spacial score (nSPS) is 19.7. The van der Waals surface area contributed by atoms with Crippen LogP contribution in [0.25, 0.3) is 0 Å². The first-order valence-corrected chi connectivity index (χ1v) is 10.9. The average Bonchev–Trinajstić information content (AvgIpc) is 2.92. The van der Waals surface area contributed by atoms with E-state index in [1.54, 1.807) is 0 Å². The fourth-order valence-electron chi connectivity index (χ4n) is 2.89. The zero-order valence-electron chi connectivity index (χ0n) is 15.4. The van der Waals surface area contributed by atoms with Crippen LogP contribution in [-0.4, -0.2) is 43.9 Å². The Morgan fingerprint density at radius 2 is 1.88 bits per heavy atom. The SMILES string of the molecule is CCCCc1ccc(CC(=O)O[C@@H](C)C(=O)N[C@@H]2CCS(=O)(=O)C2)cc1. The highest BCUT2D eigenvalue weighted by molar-refractivity contribution is 7.91. The molecule has 0 spiro atoms. The van der Waals surface area contributed by atoms with Gasteiger partial charge in [0.25, 0.3) is 5.91 Å². The average molecular weight is 381 g/mol. The molecular weight excluding hydrogens is 354 g/mol. The summed E-state index contributed by atoms with van der Waals surface area (Å²) >= 11 is 0. The second-order valence-electron chi connectivity index (χ2n) is 6.84. The van der Waals surface area contributed by atoms with Crippen LogP contribution in [0.5, 0.6) is 0 Å². The maximum atomic E-state index is 12.1. The molecule has 2 atom stereocenters. The predicted molar refractivity (Wildman–Crippen MR) is 99.5 cm³/mol. The number of rotatable bonds is 8. The molecule has 1 heterocycles. The number of esters is 1. The lowest BCUT2D eigenvalue weighted by Crippen LogP contribution is -2.42. The van der Waals surface area contributed by atoms with Crippen LogP contribution in [0.1, 0.15) is 44.2 Å². The lowest BCUT2D eigenvalue weighted by atomic mass is 10.1. The molecule has 1 aromatic carbocycles. The number of aryl methyl sites for hydroxylation is 1. The van der Waals surface area contributed by atoms with E-state index in [4.69, 9.17) is 4.74 Å². The van der Waals surface area contributed by atoms with Gasteiger partial charge in [0.2, 0.25) is 0 Å². The summed E-state index contributed by atoms with van der Waals surface area (Å²) in [4.78, 5) is 24.1. The molecule has 144 valence electrons. The smallest absolute Gasteiger partial charge is 0.311 e. The molecule has 1 N–H and O–H groups in total. The maximum absolute atomic E-state index is 12.1. The molecule has 1 amide bonds. The van der Waals surface area contributed by atoms with E-state index < -0.39 is 33.9 Å². The van der Waals surface area contributed by atoms with Crippen LogP contribution in [0.4, 0.5) is 0 Å².